The zero-order valence-electron chi connectivity index (χ0n) is 9.43. The van der Waals surface area contributed by atoms with Crippen LogP contribution in [-0.4, -0.2) is 13.1 Å². The molecule has 0 radical (unpaired) electrons. The van der Waals surface area contributed by atoms with E-state index in [0.717, 1.165) is 12.5 Å². The fraction of sp³-hybridized carbons (Fsp3) is 0.500. The number of hydrogen-bond acceptors (Lipinski definition) is 1. The zero-order chi connectivity index (χ0) is 12.2. The van der Waals surface area contributed by atoms with Crippen molar-refractivity contribution in [1.29, 1.82) is 0 Å². The zero-order valence-corrected chi connectivity index (χ0v) is 9.43. The van der Waals surface area contributed by atoms with Gasteiger partial charge in [0.25, 0.3) is 0 Å². The molecule has 1 nitrogen and oxygen atoms in total. The van der Waals surface area contributed by atoms with E-state index < -0.39 is 11.7 Å². The van der Waals surface area contributed by atoms with Gasteiger partial charge in [-0.2, -0.15) is 13.2 Å². The van der Waals surface area contributed by atoms with Gasteiger partial charge in [0.15, 0.2) is 0 Å². The van der Waals surface area contributed by atoms with E-state index in [1.54, 1.807) is 19.2 Å². The van der Waals surface area contributed by atoms with Gasteiger partial charge in [-0.25, -0.2) is 0 Å². The quantitative estimate of drug-likeness (QED) is 0.838. The van der Waals surface area contributed by atoms with Crippen LogP contribution in [0.2, 0.25) is 0 Å². The normalized spacial score (nSPS) is 13.8. The summed E-state index contributed by atoms with van der Waals surface area (Å²) in [7, 11) is 1.77. The Balaban J connectivity index is 2.95. The highest BCUT2D eigenvalue weighted by Crippen LogP contribution is 2.32. The topological polar surface area (TPSA) is 12.0 Å². The maximum absolute atomic E-state index is 12.7. The Morgan fingerprint density at radius 2 is 1.88 bits per heavy atom. The Hall–Kier alpha value is -1.03. The van der Waals surface area contributed by atoms with E-state index in [2.05, 4.69) is 5.32 Å². The molecule has 16 heavy (non-hydrogen) atoms. The van der Waals surface area contributed by atoms with Crippen LogP contribution in [0.25, 0.3) is 0 Å². The summed E-state index contributed by atoms with van der Waals surface area (Å²) < 4.78 is 38.1. The molecule has 1 aromatic carbocycles. The van der Waals surface area contributed by atoms with E-state index in [-0.39, 0.29) is 6.04 Å². The minimum absolute atomic E-state index is 0.0866. The highest BCUT2D eigenvalue weighted by atomic mass is 19.4. The van der Waals surface area contributed by atoms with Crippen LogP contribution >= 0.6 is 0 Å². The molecule has 0 bridgehead atoms. The molecule has 0 spiro atoms. The van der Waals surface area contributed by atoms with E-state index >= 15 is 0 Å². The van der Waals surface area contributed by atoms with Gasteiger partial charge in [0, 0.05) is 6.04 Å². The van der Waals surface area contributed by atoms with Gasteiger partial charge >= 0.3 is 6.18 Å². The van der Waals surface area contributed by atoms with Crippen LogP contribution in [0.5, 0.6) is 0 Å². The number of hydrogen-bond donors (Lipinski definition) is 1. The largest absolute Gasteiger partial charge is 0.416 e. The molecule has 0 aromatic heterocycles. The van der Waals surface area contributed by atoms with E-state index in [1.807, 2.05) is 6.92 Å². The smallest absolute Gasteiger partial charge is 0.317 e. The van der Waals surface area contributed by atoms with Crippen molar-refractivity contribution in [3.8, 4) is 0 Å². The number of nitrogens with one attached hydrogen (secondary N) is 1. The van der Waals surface area contributed by atoms with Crippen LogP contribution in [0, 0.1) is 0 Å². The van der Waals surface area contributed by atoms with E-state index in [4.69, 9.17) is 0 Å². The summed E-state index contributed by atoms with van der Waals surface area (Å²) in [5.41, 5.74) is -0.167. The Morgan fingerprint density at radius 3 is 2.38 bits per heavy atom. The highest BCUT2D eigenvalue weighted by Gasteiger charge is 2.33. The molecule has 0 fully saturated rings. The minimum atomic E-state index is -4.26. The summed E-state index contributed by atoms with van der Waals surface area (Å²) in [6, 6.07) is 5.84. The van der Waals surface area contributed by atoms with Crippen molar-refractivity contribution in [1.82, 2.24) is 5.32 Å². The first-order chi connectivity index (χ1) is 7.49. The lowest BCUT2D eigenvalue weighted by atomic mass is 9.99. The molecule has 90 valence electrons. The molecule has 0 amide bonds. The van der Waals surface area contributed by atoms with Crippen LogP contribution in [0.15, 0.2) is 24.3 Å². The molecular formula is C12H16F3N. The molecule has 0 aliphatic rings. The Kier molecular flexibility index (Phi) is 4.35. The number of alkyl halides is 3. The van der Waals surface area contributed by atoms with Gasteiger partial charge in [0.05, 0.1) is 5.56 Å². The lowest BCUT2D eigenvalue weighted by Crippen LogP contribution is -2.27. The van der Waals surface area contributed by atoms with E-state index in [9.17, 15) is 13.2 Å². The summed E-state index contributed by atoms with van der Waals surface area (Å²) >= 11 is 0. The first-order valence-electron chi connectivity index (χ1n) is 5.31. The third-order valence-electron chi connectivity index (χ3n) is 2.69. The maximum atomic E-state index is 12.7. The molecule has 0 aliphatic carbocycles. The van der Waals surface area contributed by atoms with Crippen molar-refractivity contribution < 1.29 is 13.2 Å². The highest BCUT2D eigenvalue weighted by molar-refractivity contribution is 5.30. The summed E-state index contributed by atoms with van der Waals surface area (Å²) in [6.07, 6.45) is -3.05. The van der Waals surface area contributed by atoms with Crippen molar-refractivity contribution in [3.05, 3.63) is 35.4 Å². The van der Waals surface area contributed by atoms with E-state index in [1.165, 1.54) is 6.07 Å². The number of benzene rings is 1. The monoisotopic (exact) mass is 231 g/mol. The minimum Gasteiger partial charge on any atom is -0.317 e. The fourth-order valence-corrected chi connectivity index (χ4v) is 1.69. The first-order valence-corrected chi connectivity index (χ1v) is 5.31. The van der Waals surface area contributed by atoms with Gasteiger partial charge in [-0.15, -0.1) is 0 Å². The van der Waals surface area contributed by atoms with Gasteiger partial charge < -0.3 is 5.32 Å². The van der Waals surface area contributed by atoms with Crippen molar-refractivity contribution in [2.24, 2.45) is 0 Å². The summed E-state index contributed by atoms with van der Waals surface area (Å²) in [5, 5.41) is 3.01. The van der Waals surface area contributed by atoms with Gasteiger partial charge in [-0.3, -0.25) is 0 Å². The van der Waals surface area contributed by atoms with Crippen molar-refractivity contribution in [3.63, 3.8) is 0 Å². The predicted octanol–water partition coefficient (Wildman–Crippen LogP) is 3.25. The fourth-order valence-electron chi connectivity index (χ4n) is 1.69. The average molecular weight is 231 g/mol. The van der Waals surface area contributed by atoms with Crippen molar-refractivity contribution in [2.45, 2.75) is 32.0 Å². The summed E-state index contributed by atoms with van der Waals surface area (Å²) in [4.78, 5) is 0. The standard InChI is InChI=1S/C12H16F3N/c1-3-10(16-2)8-9-6-4-5-7-11(9)12(13,14)15/h4-7,10,16H,3,8H2,1-2H3. The molecule has 1 N–H and O–H groups in total. The second kappa shape index (κ2) is 5.34. The molecule has 1 atom stereocenters. The van der Waals surface area contributed by atoms with Crippen LogP contribution in [0.4, 0.5) is 13.2 Å². The molecule has 0 aliphatic heterocycles. The average Bonchev–Trinajstić information content (AvgIpc) is 2.25. The summed E-state index contributed by atoms with van der Waals surface area (Å²) in [6.45, 7) is 1.96. The van der Waals surface area contributed by atoms with Crippen LogP contribution in [0.1, 0.15) is 24.5 Å². The van der Waals surface area contributed by atoms with Crippen molar-refractivity contribution in [2.75, 3.05) is 7.05 Å². The maximum Gasteiger partial charge on any atom is 0.416 e. The number of rotatable bonds is 4. The predicted molar refractivity (Wildman–Crippen MR) is 58.3 cm³/mol. The molecule has 4 heteroatoms. The van der Waals surface area contributed by atoms with Gasteiger partial charge in [-0.05, 0) is 31.5 Å². The molecular weight excluding hydrogens is 215 g/mol. The third kappa shape index (κ3) is 3.23. The number of likely N-dealkylation sites (N-methyl/N-ethyl adjacent to an activating group) is 1. The van der Waals surface area contributed by atoms with Gasteiger partial charge in [-0.1, -0.05) is 25.1 Å². The van der Waals surface area contributed by atoms with Gasteiger partial charge in [0.1, 0.15) is 0 Å². The first kappa shape index (κ1) is 13.0. The lowest BCUT2D eigenvalue weighted by molar-refractivity contribution is -0.138. The van der Waals surface area contributed by atoms with Crippen molar-refractivity contribution >= 4 is 0 Å². The summed E-state index contributed by atoms with van der Waals surface area (Å²) in [5.74, 6) is 0. The van der Waals surface area contributed by atoms with Crippen LogP contribution in [0.3, 0.4) is 0 Å². The molecule has 1 unspecified atom stereocenters. The molecule has 0 saturated carbocycles. The Morgan fingerprint density at radius 1 is 1.25 bits per heavy atom. The lowest BCUT2D eigenvalue weighted by Gasteiger charge is -2.17. The molecule has 0 heterocycles. The molecule has 1 aromatic rings. The second-order valence-corrected chi connectivity index (χ2v) is 3.75. The second-order valence-electron chi connectivity index (χ2n) is 3.75. The molecule has 0 saturated heterocycles. The number of halogens is 3. The van der Waals surface area contributed by atoms with E-state index in [0.29, 0.717) is 12.0 Å². The molecule has 1 rings (SSSR count). The third-order valence-corrected chi connectivity index (χ3v) is 2.69. The SMILES string of the molecule is CCC(Cc1ccccc1C(F)(F)F)NC. The Bertz CT molecular complexity index is 329. The van der Waals surface area contributed by atoms with Crippen LogP contribution in [-0.2, 0) is 12.6 Å². The Labute approximate surface area is 93.7 Å². The van der Waals surface area contributed by atoms with Crippen LogP contribution < -0.4 is 5.32 Å². The van der Waals surface area contributed by atoms with Gasteiger partial charge in [0.2, 0.25) is 0 Å².